The summed E-state index contributed by atoms with van der Waals surface area (Å²) in [7, 11) is 0. The Labute approximate surface area is 126 Å². The third-order valence-corrected chi connectivity index (χ3v) is 6.11. The van der Waals surface area contributed by atoms with Gasteiger partial charge in [-0.15, -0.1) is 12.4 Å². The number of nitrogens with one attached hydrogen (secondary N) is 2. The van der Waals surface area contributed by atoms with Gasteiger partial charge >= 0.3 is 0 Å². The molecule has 19 heavy (non-hydrogen) atoms. The van der Waals surface area contributed by atoms with Gasteiger partial charge in [-0.2, -0.15) is 11.8 Å². The monoisotopic (exact) mass is 304 g/mol. The van der Waals surface area contributed by atoms with Crippen LogP contribution in [0.15, 0.2) is 0 Å². The Balaban J connectivity index is 0.00000133. The number of halogens is 1. The highest BCUT2D eigenvalue weighted by molar-refractivity contribution is 8.00. The summed E-state index contributed by atoms with van der Waals surface area (Å²) in [6.45, 7) is 0.872. The van der Waals surface area contributed by atoms with Crippen molar-refractivity contribution in [2.75, 3.05) is 12.3 Å². The Kier molecular flexibility index (Phi) is 5.85. The molecule has 110 valence electrons. The van der Waals surface area contributed by atoms with E-state index in [0.717, 1.165) is 18.9 Å². The van der Waals surface area contributed by atoms with Crippen molar-refractivity contribution in [2.24, 2.45) is 5.92 Å². The van der Waals surface area contributed by atoms with E-state index in [-0.39, 0.29) is 24.4 Å². The molecule has 3 fully saturated rings. The van der Waals surface area contributed by atoms with Crippen LogP contribution in [-0.2, 0) is 4.79 Å². The van der Waals surface area contributed by atoms with E-state index in [1.165, 1.54) is 44.3 Å². The molecule has 3 aliphatic rings. The van der Waals surface area contributed by atoms with Crippen LogP contribution in [0.3, 0.4) is 0 Å². The van der Waals surface area contributed by atoms with Crippen LogP contribution in [0.25, 0.3) is 0 Å². The summed E-state index contributed by atoms with van der Waals surface area (Å²) >= 11 is 2.01. The maximum absolute atomic E-state index is 12.2. The van der Waals surface area contributed by atoms with Crippen LogP contribution >= 0.6 is 24.2 Å². The van der Waals surface area contributed by atoms with Crippen molar-refractivity contribution in [3.63, 3.8) is 0 Å². The molecule has 0 aromatic carbocycles. The van der Waals surface area contributed by atoms with Gasteiger partial charge in [0.05, 0.1) is 6.04 Å². The zero-order valence-electron chi connectivity index (χ0n) is 11.4. The van der Waals surface area contributed by atoms with Gasteiger partial charge in [-0.1, -0.05) is 12.8 Å². The van der Waals surface area contributed by atoms with Crippen molar-refractivity contribution in [3.8, 4) is 0 Å². The molecule has 3 nitrogen and oxygen atoms in total. The van der Waals surface area contributed by atoms with E-state index in [4.69, 9.17) is 0 Å². The molecule has 2 saturated heterocycles. The zero-order valence-corrected chi connectivity index (χ0v) is 13.0. The van der Waals surface area contributed by atoms with Crippen LogP contribution < -0.4 is 10.6 Å². The molecule has 0 aromatic heterocycles. The van der Waals surface area contributed by atoms with Crippen LogP contribution in [0.1, 0.15) is 44.9 Å². The number of thioether (sulfide) groups is 1. The van der Waals surface area contributed by atoms with Crippen LogP contribution in [0, 0.1) is 5.92 Å². The molecule has 1 aliphatic carbocycles. The van der Waals surface area contributed by atoms with Crippen molar-refractivity contribution in [3.05, 3.63) is 0 Å². The zero-order chi connectivity index (χ0) is 12.4. The fourth-order valence-electron chi connectivity index (χ4n) is 3.66. The SMILES string of the molecule is Cl.O=C(NCC1CCCS1)C1CC2CCCCC2N1. The second-order valence-electron chi connectivity index (χ2n) is 5.99. The first kappa shape index (κ1) is 15.5. The van der Waals surface area contributed by atoms with E-state index in [1.807, 2.05) is 11.8 Å². The van der Waals surface area contributed by atoms with Gasteiger partial charge in [-0.05, 0) is 43.8 Å². The molecule has 4 unspecified atom stereocenters. The summed E-state index contributed by atoms with van der Waals surface area (Å²) in [5, 5.41) is 7.37. The van der Waals surface area contributed by atoms with Gasteiger partial charge in [0.1, 0.15) is 0 Å². The molecule has 1 saturated carbocycles. The highest BCUT2D eigenvalue weighted by atomic mass is 35.5. The average Bonchev–Trinajstić information content (AvgIpc) is 3.04. The Bertz CT molecular complexity index is 296. The van der Waals surface area contributed by atoms with E-state index in [9.17, 15) is 4.79 Å². The Morgan fingerprint density at radius 3 is 2.79 bits per heavy atom. The summed E-state index contributed by atoms with van der Waals surface area (Å²) < 4.78 is 0. The predicted octanol–water partition coefficient (Wildman–Crippen LogP) is 2.34. The van der Waals surface area contributed by atoms with Gasteiger partial charge in [0.2, 0.25) is 5.91 Å². The smallest absolute Gasteiger partial charge is 0.237 e. The average molecular weight is 305 g/mol. The summed E-state index contributed by atoms with van der Waals surface area (Å²) in [6.07, 6.45) is 8.93. The Hall–Kier alpha value is 0.0700. The molecule has 2 aliphatic heterocycles. The van der Waals surface area contributed by atoms with E-state index >= 15 is 0 Å². The van der Waals surface area contributed by atoms with Gasteiger partial charge in [0, 0.05) is 17.8 Å². The molecule has 3 rings (SSSR count). The lowest BCUT2D eigenvalue weighted by molar-refractivity contribution is -0.122. The van der Waals surface area contributed by atoms with Gasteiger partial charge in [-0.3, -0.25) is 4.79 Å². The lowest BCUT2D eigenvalue weighted by Gasteiger charge is -2.24. The lowest BCUT2D eigenvalue weighted by Crippen LogP contribution is -2.44. The second-order valence-corrected chi connectivity index (χ2v) is 7.39. The van der Waals surface area contributed by atoms with E-state index in [2.05, 4.69) is 10.6 Å². The maximum Gasteiger partial charge on any atom is 0.237 e. The highest BCUT2D eigenvalue weighted by Gasteiger charge is 2.38. The molecule has 2 heterocycles. The van der Waals surface area contributed by atoms with Crippen LogP contribution in [0.4, 0.5) is 0 Å². The number of carbonyl (C=O) groups is 1. The van der Waals surface area contributed by atoms with Crippen molar-refractivity contribution in [2.45, 2.75) is 62.3 Å². The van der Waals surface area contributed by atoms with Crippen molar-refractivity contribution in [1.29, 1.82) is 0 Å². The lowest BCUT2D eigenvalue weighted by atomic mass is 9.85. The number of carbonyl (C=O) groups excluding carboxylic acids is 1. The molecular weight excluding hydrogens is 280 g/mol. The van der Waals surface area contributed by atoms with Crippen LogP contribution in [-0.4, -0.2) is 35.5 Å². The summed E-state index contributed by atoms with van der Waals surface area (Å²) in [6, 6.07) is 0.708. The first-order valence-corrected chi connectivity index (χ1v) is 8.53. The summed E-state index contributed by atoms with van der Waals surface area (Å²) in [4.78, 5) is 12.2. The number of fused-ring (bicyclic) bond motifs is 1. The second kappa shape index (κ2) is 7.19. The minimum absolute atomic E-state index is 0. The fourth-order valence-corrected chi connectivity index (χ4v) is 4.87. The van der Waals surface area contributed by atoms with Crippen LogP contribution in [0.5, 0.6) is 0 Å². The van der Waals surface area contributed by atoms with Crippen LogP contribution in [0.2, 0.25) is 0 Å². The quantitative estimate of drug-likeness (QED) is 0.841. The number of hydrogen-bond donors (Lipinski definition) is 2. The first-order valence-electron chi connectivity index (χ1n) is 7.48. The number of hydrogen-bond acceptors (Lipinski definition) is 3. The fraction of sp³-hybridized carbons (Fsp3) is 0.929. The molecule has 2 N–H and O–H groups in total. The summed E-state index contributed by atoms with van der Waals surface area (Å²) in [5.74, 6) is 2.28. The third kappa shape index (κ3) is 3.79. The minimum Gasteiger partial charge on any atom is -0.354 e. The number of rotatable bonds is 3. The molecule has 0 bridgehead atoms. The van der Waals surface area contributed by atoms with E-state index in [0.29, 0.717) is 11.3 Å². The van der Waals surface area contributed by atoms with Gasteiger partial charge in [0.15, 0.2) is 0 Å². The predicted molar refractivity (Wildman–Crippen MR) is 83.0 cm³/mol. The minimum atomic E-state index is 0. The van der Waals surface area contributed by atoms with E-state index < -0.39 is 0 Å². The van der Waals surface area contributed by atoms with Gasteiger partial charge in [0.25, 0.3) is 0 Å². The molecule has 0 radical (unpaired) electrons. The van der Waals surface area contributed by atoms with Gasteiger partial charge < -0.3 is 10.6 Å². The molecule has 1 amide bonds. The maximum atomic E-state index is 12.2. The Morgan fingerprint density at radius 2 is 2.05 bits per heavy atom. The van der Waals surface area contributed by atoms with Crippen molar-refractivity contribution in [1.82, 2.24) is 10.6 Å². The molecule has 0 aromatic rings. The van der Waals surface area contributed by atoms with Crippen molar-refractivity contribution < 1.29 is 4.79 Å². The molecule has 4 atom stereocenters. The normalized spacial score (nSPS) is 37.5. The van der Waals surface area contributed by atoms with E-state index in [1.54, 1.807) is 0 Å². The molecule has 0 spiro atoms. The largest absolute Gasteiger partial charge is 0.354 e. The Morgan fingerprint density at radius 1 is 1.21 bits per heavy atom. The molecular formula is C14H25ClN2OS. The summed E-state index contributed by atoms with van der Waals surface area (Å²) in [5.41, 5.74) is 0. The van der Waals surface area contributed by atoms with Gasteiger partial charge in [-0.25, -0.2) is 0 Å². The topological polar surface area (TPSA) is 41.1 Å². The first-order chi connectivity index (χ1) is 8.83. The van der Waals surface area contributed by atoms with Crippen molar-refractivity contribution >= 4 is 30.1 Å². The molecule has 5 heteroatoms. The third-order valence-electron chi connectivity index (χ3n) is 4.71. The highest BCUT2D eigenvalue weighted by Crippen LogP contribution is 2.33. The standard InChI is InChI=1S/C14H24N2OS.ClH/c17-14(15-9-11-5-3-7-18-11)13-8-10-4-1-2-6-12(10)16-13;/h10-13,16H,1-9H2,(H,15,17);1H. The number of amides is 1.